The first-order valence-corrected chi connectivity index (χ1v) is 7.32. The van der Waals surface area contributed by atoms with E-state index >= 15 is 0 Å². The highest BCUT2D eigenvalue weighted by Gasteiger charge is 2.31. The van der Waals surface area contributed by atoms with Gasteiger partial charge in [0.05, 0.1) is 6.54 Å². The number of ether oxygens (including phenoxy) is 2. The molecule has 0 amide bonds. The third-order valence-electron chi connectivity index (χ3n) is 3.29. The predicted octanol–water partition coefficient (Wildman–Crippen LogP) is 2.84. The van der Waals surface area contributed by atoms with Crippen molar-refractivity contribution in [1.29, 1.82) is 0 Å². The van der Waals surface area contributed by atoms with Gasteiger partial charge < -0.3 is 14.6 Å². The summed E-state index contributed by atoms with van der Waals surface area (Å²) in [5, 5.41) is 8.77. The van der Waals surface area contributed by atoms with E-state index in [0.29, 0.717) is 16.7 Å². The first-order valence-electron chi connectivity index (χ1n) is 7.32. The average molecular weight is 367 g/mol. The van der Waals surface area contributed by atoms with E-state index < -0.39 is 18.9 Å². The Morgan fingerprint density at radius 2 is 1.92 bits per heavy atom. The molecule has 1 N–H and O–H groups in total. The van der Waals surface area contributed by atoms with Crippen molar-refractivity contribution in [2.24, 2.45) is 0 Å². The van der Waals surface area contributed by atoms with Gasteiger partial charge in [-0.15, -0.1) is 13.2 Å². The molecule has 0 unspecified atom stereocenters. The van der Waals surface area contributed by atoms with Crippen LogP contribution in [0.25, 0.3) is 11.2 Å². The van der Waals surface area contributed by atoms with Crippen LogP contribution in [0.15, 0.2) is 42.6 Å². The molecule has 10 heteroatoms. The molecule has 0 radical (unpaired) electrons. The van der Waals surface area contributed by atoms with Gasteiger partial charge in [-0.1, -0.05) is 12.1 Å². The van der Waals surface area contributed by atoms with Gasteiger partial charge in [-0.2, -0.15) is 4.98 Å². The molecule has 26 heavy (non-hydrogen) atoms. The van der Waals surface area contributed by atoms with Crippen molar-refractivity contribution in [1.82, 2.24) is 14.5 Å². The Kier molecular flexibility index (Phi) is 4.65. The highest BCUT2D eigenvalue weighted by molar-refractivity contribution is 5.72. The van der Waals surface area contributed by atoms with E-state index in [1.165, 1.54) is 28.8 Å². The zero-order valence-electron chi connectivity index (χ0n) is 13.1. The number of carbonyl (C=O) groups is 1. The van der Waals surface area contributed by atoms with E-state index in [2.05, 4.69) is 14.7 Å². The summed E-state index contributed by atoms with van der Waals surface area (Å²) in [4.78, 5) is 19.1. The van der Waals surface area contributed by atoms with E-state index in [0.717, 1.165) is 0 Å². The number of carboxylic acids is 1. The molecule has 0 spiro atoms. The maximum Gasteiger partial charge on any atom is 0.573 e. The van der Waals surface area contributed by atoms with Crippen LogP contribution in [0.3, 0.4) is 0 Å². The Bertz CT molecular complexity index is 923. The van der Waals surface area contributed by atoms with Crippen LogP contribution in [0.5, 0.6) is 11.8 Å². The number of alkyl halides is 3. The lowest BCUT2D eigenvalue weighted by molar-refractivity contribution is -0.274. The lowest BCUT2D eigenvalue weighted by atomic mass is 10.2. The summed E-state index contributed by atoms with van der Waals surface area (Å²) in [6, 6.07) is 8.70. The topological polar surface area (TPSA) is 86.5 Å². The number of rotatable bonds is 6. The minimum Gasteiger partial charge on any atom is -0.479 e. The summed E-state index contributed by atoms with van der Waals surface area (Å²) >= 11 is 0. The Hall–Kier alpha value is -3.30. The number of nitrogens with zero attached hydrogens (tertiary/aromatic N) is 3. The number of fused-ring (bicyclic) bond motifs is 1. The number of pyridine rings is 1. The Labute approximate surface area is 144 Å². The Morgan fingerprint density at radius 1 is 1.19 bits per heavy atom. The summed E-state index contributed by atoms with van der Waals surface area (Å²) in [7, 11) is 0. The molecular formula is C16H12F3N3O4. The Morgan fingerprint density at radius 3 is 2.58 bits per heavy atom. The minimum absolute atomic E-state index is 0.0525. The van der Waals surface area contributed by atoms with Crippen molar-refractivity contribution in [2.45, 2.75) is 12.9 Å². The maximum absolute atomic E-state index is 12.2. The van der Waals surface area contributed by atoms with Crippen LogP contribution >= 0.6 is 0 Å². The van der Waals surface area contributed by atoms with Crippen molar-refractivity contribution in [2.75, 3.05) is 6.61 Å². The van der Waals surface area contributed by atoms with Gasteiger partial charge in [0, 0.05) is 6.20 Å². The first-order chi connectivity index (χ1) is 12.3. The third-order valence-corrected chi connectivity index (χ3v) is 3.29. The molecule has 7 nitrogen and oxygen atoms in total. The number of aromatic nitrogens is 3. The molecule has 1 aromatic carbocycles. The smallest absolute Gasteiger partial charge is 0.479 e. The van der Waals surface area contributed by atoms with Crippen molar-refractivity contribution >= 4 is 17.1 Å². The van der Waals surface area contributed by atoms with Gasteiger partial charge >= 0.3 is 12.3 Å². The number of imidazole rings is 1. The van der Waals surface area contributed by atoms with Crippen LogP contribution in [-0.2, 0) is 11.3 Å². The second-order valence-electron chi connectivity index (χ2n) is 5.20. The van der Waals surface area contributed by atoms with Gasteiger partial charge in [0.25, 0.3) is 6.01 Å². The van der Waals surface area contributed by atoms with Gasteiger partial charge in [0.15, 0.2) is 12.3 Å². The zero-order valence-corrected chi connectivity index (χ0v) is 13.1. The fourth-order valence-corrected chi connectivity index (χ4v) is 2.30. The monoisotopic (exact) mass is 367 g/mol. The molecule has 0 saturated carbocycles. The summed E-state index contributed by atoms with van der Waals surface area (Å²) in [5.74, 6) is -1.50. The standard InChI is InChI=1S/C16H12F3N3O4/c17-16(18,19)26-11-5-3-10(4-6-11)8-22-14-12(2-1-7-20-14)21-15(22)25-9-13(23)24/h1-7H,8-9H2,(H,23,24). The predicted molar refractivity (Wildman–Crippen MR) is 82.9 cm³/mol. The van der Waals surface area contributed by atoms with Crippen molar-refractivity contribution in [3.8, 4) is 11.8 Å². The number of aliphatic carboxylic acids is 1. The van der Waals surface area contributed by atoms with Gasteiger partial charge in [-0.3, -0.25) is 4.57 Å². The van der Waals surface area contributed by atoms with Crippen LogP contribution in [0.1, 0.15) is 5.56 Å². The van der Waals surface area contributed by atoms with E-state index in [-0.39, 0.29) is 18.3 Å². The molecule has 0 aliphatic heterocycles. The van der Waals surface area contributed by atoms with Crippen molar-refractivity contribution in [3.05, 3.63) is 48.2 Å². The van der Waals surface area contributed by atoms with E-state index in [4.69, 9.17) is 9.84 Å². The van der Waals surface area contributed by atoms with Crippen LogP contribution in [0, 0.1) is 0 Å². The SMILES string of the molecule is O=C(O)COc1nc2cccnc2n1Cc1ccc(OC(F)(F)F)cc1. The molecule has 0 saturated heterocycles. The summed E-state index contributed by atoms with van der Waals surface area (Å²) in [6.45, 7) is -0.406. The molecule has 3 rings (SSSR count). The van der Waals surface area contributed by atoms with Gasteiger partial charge in [0.2, 0.25) is 0 Å². The maximum atomic E-state index is 12.2. The molecule has 0 fully saturated rings. The van der Waals surface area contributed by atoms with Gasteiger partial charge in [0.1, 0.15) is 11.3 Å². The first kappa shape index (κ1) is 17.5. The second kappa shape index (κ2) is 6.90. The number of carboxylic acid groups (broad SMARTS) is 1. The molecule has 3 aromatic rings. The fraction of sp³-hybridized carbons (Fsp3) is 0.188. The average Bonchev–Trinajstić information content (AvgIpc) is 2.91. The minimum atomic E-state index is -4.76. The van der Waals surface area contributed by atoms with Crippen LogP contribution in [0.2, 0.25) is 0 Å². The van der Waals surface area contributed by atoms with Crippen molar-refractivity contribution < 1.29 is 32.5 Å². The van der Waals surface area contributed by atoms with Crippen LogP contribution in [-0.4, -0.2) is 38.6 Å². The largest absolute Gasteiger partial charge is 0.573 e. The number of hydrogen-bond donors (Lipinski definition) is 1. The molecule has 0 atom stereocenters. The van der Waals surface area contributed by atoms with Crippen molar-refractivity contribution in [3.63, 3.8) is 0 Å². The molecule has 2 heterocycles. The Balaban J connectivity index is 1.87. The highest BCUT2D eigenvalue weighted by Crippen LogP contribution is 2.25. The van der Waals surface area contributed by atoms with E-state index in [1.54, 1.807) is 18.3 Å². The number of benzene rings is 1. The quantitative estimate of drug-likeness (QED) is 0.721. The number of halogens is 3. The normalized spacial score (nSPS) is 11.5. The molecule has 0 aliphatic carbocycles. The summed E-state index contributed by atoms with van der Waals surface area (Å²) in [6.07, 6.45) is -3.22. The molecule has 0 aliphatic rings. The third kappa shape index (κ3) is 4.21. The van der Waals surface area contributed by atoms with E-state index in [1.807, 2.05) is 0 Å². The van der Waals surface area contributed by atoms with Gasteiger partial charge in [-0.05, 0) is 29.8 Å². The second-order valence-corrected chi connectivity index (χ2v) is 5.20. The highest BCUT2D eigenvalue weighted by atomic mass is 19.4. The van der Waals surface area contributed by atoms with Gasteiger partial charge in [-0.25, -0.2) is 9.78 Å². The lowest BCUT2D eigenvalue weighted by Gasteiger charge is -2.11. The molecular weight excluding hydrogens is 355 g/mol. The molecule has 2 aromatic heterocycles. The number of hydrogen-bond acceptors (Lipinski definition) is 5. The molecule has 0 bridgehead atoms. The molecule has 136 valence electrons. The summed E-state index contributed by atoms with van der Waals surface area (Å²) < 4.78 is 47.2. The summed E-state index contributed by atoms with van der Waals surface area (Å²) in [5.41, 5.74) is 1.60. The fourth-order valence-electron chi connectivity index (χ4n) is 2.30. The zero-order chi connectivity index (χ0) is 18.7. The van der Waals surface area contributed by atoms with E-state index in [9.17, 15) is 18.0 Å². The van der Waals surface area contributed by atoms with Crippen LogP contribution < -0.4 is 9.47 Å². The van der Waals surface area contributed by atoms with Crippen LogP contribution in [0.4, 0.5) is 13.2 Å². The lowest BCUT2D eigenvalue weighted by Crippen LogP contribution is -2.17.